The monoisotopic (exact) mass is 212 g/mol. The number of halogens is 1. The number of carbonyl (C=O) groups is 1. The Morgan fingerprint density at radius 3 is 2.93 bits per heavy atom. The van der Waals surface area contributed by atoms with Gasteiger partial charge in [0.05, 0.1) is 6.61 Å². The quantitative estimate of drug-likeness (QED) is 0.469. The molecule has 0 saturated heterocycles. The molecule has 0 spiro atoms. The summed E-state index contributed by atoms with van der Waals surface area (Å²) in [7, 11) is 0. The van der Waals surface area contributed by atoms with Crippen molar-refractivity contribution in [2.75, 3.05) is 12.3 Å². The van der Waals surface area contributed by atoms with Gasteiger partial charge in [-0.15, -0.1) is 0 Å². The second-order valence-corrected chi connectivity index (χ2v) is 3.06. The van der Waals surface area contributed by atoms with E-state index in [9.17, 15) is 9.18 Å². The van der Waals surface area contributed by atoms with Gasteiger partial charge >= 0.3 is 5.97 Å². The number of unbranched alkanes of at least 4 members (excludes halogenated alkanes) is 1. The van der Waals surface area contributed by atoms with Crippen molar-refractivity contribution < 1.29 is 13.9 Å². The van der Waals surface area contributed by atoms with Crippen LogP contribution in [0.2, 0.25) is 0 Å². The summed E-state index contributed by atoms with van der Waals surface area (Å²) in [5.41, 5.74) is 5.48. The van der Waals surface area contributed by atoms with Crippen molar-refractivity contribution in [3.05, 3.63) is 23.6 Å². The number of anilines is 1. The van der Waals surface area contributed by atoms with Gasteiger partial charge in [0, 0.05) is 0 Å². The lowest BCUT2D eigenvalue weighted by molar-refractivity contribution is 0.0500. The highest BCUT2D eigenvalue weighted by Crippen LogP contribution is 2.10. The molecular formula is C10H13FN2O2. The fourth-order valence-electron chi connectivity index (χ4n) is 1.01. The van der Waals surface area contributed by atoms with Gasteiger partial charge in [-0.2, -0.15) is 4.39 Å². The fraction of sp³-hybridized carbons (Fsp3) is 0.400. The number of hydrogen-bond donors (Lipinski definition) is 1. The van der Waals surface area contributed by atoms with Crippen LogP contribution in [0, 0.1) is 5.95 Å². The van der Waals surface area contributed by atoms with Crippen molar-refractivity contribution in [3.8, 4) is 0 Å². The van der Waals surface area contributed by atoms with Crippen molar-refractivity contribution in [1.82, 2.24) is 4.98 Å². The van der Waals surface area contributed by atoms with Gasteiger partial charge in [-0.3, -0.25) is 0 Å². The van der Waals surface area contributed by atoms with Gasteiger partial charge in [0.2, 0.25) is 5.95 Å². The standard InChI is InChI=1S/C10H13FN2O2/c1-2-3-6-15-10(14)7-4-5-8(11)13-9(7)12/h4-5H,2-3,6H2,1H3,(H2,12,13). The van der Waals surface area contributed by atoms with Crippen LogP contribution in [-0.4, -0.2) is 17.6 Å². The third-order valence-corrected chi connectivity index (χ3v) is 1.84. The Kier molecular flexibility index (Phi) is 4.03. The molecule has 0 unspecified atom stereocenters. The Morgan fingerprint density at radius 2 is 2.33 bits per heavy atom. The molecule has 1 rings (SSSR count). The average Bonchev–Trinajstić information content (AvgIpc) is 2.17. The van der Waals surface area contributed by atoms with Gasteiger partial charge in [0.25, 0.3) is 0 Å². The first-order chi connectivity index (χ1) is 7.15. The van der Waals surface area contributed by atoms with Crippen LogP contribution >= 0.6 is 0 Å². The molecule has 0 aliphatic heterocycles. The molecule has 82 valence electrons. The molecule has 2 N–H and O–H groups in total. The largest absolute Gasteiger partial charge is 0.462 e. The Morgan fingerprint density at radius 1 is 1.60 bits per heavy atom. The summed E-state index contributed by atoms with van der Waals surface area (Å²) in [4.78, 5) is 14.7. The van der Waals surface area contributed by atoms with Gasteiger partial charge < -0.3 is 10.5 Å². The van der Waals surface area contributed by atoms with Gasteiger partial charge in [-0.05, 0) is 18.6 Å². The summed E-state index contributed by atoms with van der Waals surface area (Å²) in [5.74, 6) is -1.41. The molecule has 4 nitrogen and oxygen atoms in total. The van der Waals surface area contributed by atoms with Crippen molar-refractivity contribution in [2.24, 2.45) is 0 Å². The molecule has 0 bridgehead atoms. The van der Waals surface area contributed by atoms with Gasteiger partial charge in [0.1, 0.15) is 11.4 Å². The Hall–Kier alpha value is -1.65. The minimum Gasteiger partial charge on any atom is -0.462 e. The maximum Gasteiger partial charge on any atom is 0.341 e. The third-order valence-electron chi connectivity index (χ3n) is 1.84. The topological polar surface area (TPSA) is 65.2 Å². The number of nitrogens with zero attached hydrogens (tertiary/aromatic N) is 1. The number of nitrogens with two attached hydrogens (primary N) is 1. The number of aromatic nitrogens is 1. The van der Waals surface area contributed by atoms with E-state index in [2.05, 4.69) is 4.98 Å². The molecule has 0 amide bonds. The van der Waals surface area contributed by atoms with Crippen LogP contribution < -0.4 is 5.73 Å². The highest BCUT2D eigenvalue weighted by atomic mass is 19.1. The van der Waals surface area contributed by atoms with Crippen molar-refractivity contribution in [2.45, 2.75) is 19.8 Å². The van der Waals surface area contributed by atoms with E-state index in [0.29, 0.717) is 6.61 Å². The normalized spacial score (nSPS) is 10.0. The first-order valence-corrected chi connectivity index (χ1v) is 4.74. The molecule has 0 aliphatic carbocycles. The lowest BCUT2D eigenvalue weighted by atomic mass is 10.2. The maximum atomic E-state index is 12.6. The molecule has 1 aromatic rings. The predicted molar refractivity (Wildman–Crippen MR) is 53.8 cm³/mol. The van der Waals surface area contributed by atoms with E-state index in [0.717, 1.165) is 18.9 Å². The Balaban J connectivity index is 2.65. The number of ether oxygens (including phenoxy) is 1. The summed E-state index contributed by atoms with van der Waals surface area (Å²) >= 11 is 0. The van der Waals surface area contributed by atoms with E-state index in [4.69, 9.17) is 10.5 Å². The summed E-state index contributed by atoms with van der Waals surface area (Å²) in [6.45, 7) is 2.33. The van der Waals surface area contributed by atoms with Crippen molar-refractivity contribution >= 4 is 11.8 Å². The molecule has 1 aromatic heterocycles. The maximum absolute atomic E-state index is 12.6. The minimum absolute atomic E-state index is 0.104. The molecule has 0 radical (unpaired) electrons. The number of pyridine rings is 1. The van der Waals surface area contributed by atoms with Crippen LogP contribution in [0.1, 0.15) is 30.1 Å². The van der Waals surface area contributed by atoms with Crippen LogP contribution in [0.25, 0.3) is 0 Å². The number of carbonyl (C=O) groups excluding carboxylic acids is 1. The SMILES string of the molecule is CCCCOC(=O)c1ccc(F)nc1N. The zero-order valence-electron chi connectivity index (χ0n) is 8.50. The lowest BCUT2D eigenvalue weighted by Crippen LogP contribution is -2.10. The molecular weight excluding hydrogens is 199 g/mol. The van der Waals surface area contributed by atoms with Crippen LogP contribution in [0.4, 0.5) is 10.2 Å². The summed E-state index contributed by atoms with van der Waals surface area (Å²) < 4.78 is 17.5. The average molecular weight is 212 g/mol. The minimum atomic E-state index is -0.711. The van der Waals surface area contributed by atoms with Gasteiger partial charge in [0.15, 0.2) is 0 Å². The Labute approximate surface area is 87.3 Å². The molecule has 5 heteroatoms. The van der Waals surface area contributed by atoms with E-state index in [1.54, 1.807) is 0 Å². The molecule has 15 heavy (non-hydrogen) atoms. The summed E-state index contributed by atoms with van der Waals surface area (Å²) in [6.07, 6.45) is 1.73. The smallest absolute Gasteiger partial charge is 0.341 e. The number of hydrogen-bond acceptors (Lipinski definition) is 4. The predicted octanol–water partition coefficient (Wildman–Crippen LogP) is 1.76. The molecule has 0 fully saturated rings. The van der Waals surface area contributed by atoms with Crippen molar-refractivity contribution in [3.63, 3.8) is 0 Å². The van der Waals surface area contributed by atoms with Crippen molar-refractivity contribution in [1.29, 1.82) is 0 Å². The number of esters is 1. The van der Waals surface area contributed by atoms with Gasteiger partial charge in [-0.25, -0.2) is 9.78 Å². The summed E-state index contributed by atoms with van der Waals surface area (Å²) in [6, 6.07) is 2.35. The zero-order chi connectivity index (χ0) is 11.3. The fourth-order valence-corrected chi connectivity index (χ4v) is 1.01. The van der Waals surface area contributed by atoms with E-state index in [-0.39, 0.29) is 11.4 Å². The second kappa shape index (κ2) is 5.29. The van der Waals surface area contributed by atoms with E-state index in [1.807, 2.05) is 6.92 Å². The number of rotatable bonds is 4. The molecule has 1 heterocycles. The van der Waals surface area contributed by atoms with Crippen LogP contribution in [0.5, 0.6) is 0 Å². The molecule has 0 aliphatic rings. The van der Waals surface area contributed by atoms with Crippen LogP contribution in [0.3, 0.4) is 0 Å². The zero-order valence-corrected chi connectivity index (χ0v) is 8.50. The van der Waals surface area contributed by atoms with Crippen LogP contribution in [0.15, 0.2) is 12.1 Å². The molecule has 0 aromatic carbocycles. The molecule has 0 saturated carbocycles. The number of nitrogen functional groups attached to an aromatic ring is 1. The first-order valence-electron chi connectivity index (χ1n) is 4.74. The second-order valence-electron chi connectivity index (χ2n) is 3.06. The Bertz CT molecular complexity index is 355. The lowest BCUT2D eigenvalue weighted by Gasteiger charge is -2.05. The van der Waals surface area contributed by atoms with E-state index >= 15 is 0 Å². The van der Waals surface area contributed by atoms with Crippen LogP contribution in [-0.2, 0) is 4.74 Å². The molecule has 0 atom stereocenters. The summed E-state index contributed by atoms with van der Waals surface area (Å²) in [5, 5.41) is 0. The first kappa shape index (κ1) is 11.4. The third kappa shape index (κ3) is 3.19. The highest BCUT2D eigenvalue weighted by Gasteiger charge is 2.12. The van der Waals surface area contributed by atoms with Gasteiger partial charge in [-0.1, -0.05) is 13.3 Å². The van der Waals surface area contributed by atoms with E-state index < -0.39 is 11.9 Å². The highest BCUT2D eigenvalue weighted by molar-refractivity contribution is 5.93. The van der Waals surface area contributed by atoms with E-state index in [1.165, 1.54) is 6.07 Å².